The summed E-state index contributed by atoms with van der Waals surface area (Å²) >= 11 is 1.47. The Bertz CT molecular complexity index is 441. The molecule has 0 spiro atoms. The van der Waals surface area contributed by atoms with Crippen molar-refractivity contribution in [2.45, 2.75) is 0 Å². The summed E-state index contributed by atoms with van der Waals surface area (Å²) in [6.45, 7) is 0. The number of benzene rings is 1. The van der Waals surface area contributed by atoms with Crippen LogP contribution in [-0.4, -0.2) is 12.1 Å². The van der Waals surface area contributed by atoms with Crippen LogP contribution >= 0.6 is 11.3 Å². The minimum Gasteiger partial charge on any atom is -0.497 e. The van der Waals surface area contributed by atoms with E-state index in [0.717, 1.165) is 16.3 Å². The molecule has 2 rings (SSSR count). The van der Waals surface area contributed by atoms with Gasteiger partial charge in [-0.2, -0.15) is 0 Å². The molecule has 0 N–H and O–H groups in total. The molecular formula is C10H9NOS. The minimum absolute atomic E-state index is 0.313. The molecule has 13 heavy (non-hydrogen) atoms. The average Bonchev–Trinajstić information content (AvgIpc) is 2.65. The van der Waals surface area contributed by atoms with E-state index >= 15 is 0 Å². The number of rotatable bonds is 2. The van der Waals surface area contributed by atoms with Gasteiger partial charge in [0.1, 0.15) is 10.8 Å². The Balaban J connectivity index is 2.41. The summed E-state index contributed by atoms with van der Waals surface area (Å²) in [6, 6.07) is 7.68. The maximum Gasteiger partial charge on any atom is 0.123 e. The van der Waals surface area contributed by atoms with Gasteiger partial charge in [-0.1, -0.05) is 12.1 Å². The lowest BCUT2D eigenvalue weighted by Gasteiger charge is -2.00. The second-order valence-corrected chi connectivity index (χ2v) is 3.37. The Morgan fingerprint density at radius 3 is 3.15 bits per heavy atom. The second-order valence-electron chi connectivity index (χ2n) is 2.51. The van der Waals surface area contributed by atoms with E-state index in [2.05, 4.69) is 4.98 Å². The van der Waals surface area contributed by atoms with Gasteiger partial charge in [-0.05, 0) is 12.1 Å². The maximum atomic E-state index is 7.33. The fraction of sp³-hybridized carbons (Fsp3) is 0.100. The van der Waals surface area contributed by atoms with Crippen LogP contribution in [0.15, 0.2) is 35.8 Å². The first-order valence-corrected chi connectivity index (χ1v) is 4.74. The topological polar surface area (TPSA) is 22.1 Å². The van der Waals surface area contributed by atoms with Crippen molar-refractivity contribution in [1.82, 2.24) is 4.98 Å². The van der Waals surface area contributed by atoms with Crippen LogP contribution in [0.25, 0.3) is 10.6 Å². The number of hydrogen-bond donors (Lipinski definition) is 0. The lowest BCUT2D eigenvalue weighted by molar-refractivity contribution is 0.415. The summed E-state index contributed by atoms with van der Waals surface area (Å²) in [5.41, 5.74) is 0.993. The largest absolute Gasteiger partial charge is 0.497 e. The van der Waals surface area contributed by atoms with Crippen LogP contribution in [0.2, 0.25) is 0 Å². The van der Waals surface area contributed by atoms with Crippen LogP contribution in [0.4, 0.5) is 0 Å². The van der Waals surface area contributed by atoms with Crippen molar-refractivity contribution in [3.63, 3.8) is 0 Å². The molecule has 3 heteroatoms. The Morgan fingerprint density at radius 2 is 2.46 bits per heavy atom. The van der Waals surface area contributed by atoms with Crippen LogP contribution in [0.1, 0.15) is 1.37 Å². The third-order valence-electron chi connectivity index (χ3n) is 1.71. The van der Waals surface area contributed by atoms with Gasteiger partial charge in [0.2, 0.25) is 0 Å². The normalized spacial score (nSPS) is 11.0. The molecule has 0 fully saturated rings. The van der Waals surface area contributed by atoms with E-state index in [4.69, 9.17) is 6.11 Å². The summed E-state index contributed by atoms with van der Waals surface area (Å²) in [4.78, 5) is 4.09. The van der Waals surface area contributed by atoms with E-state index in [1.54, 1.807) is 12.5 Å². The van der Waals surface area contributed by atoms with Crippen molar-refractivity contribution in [3.8, 4) is 16.3 Å². The highest BCUT2D eigenvalue weighted by atomic mass is 32.1. The maximum absolute atomic E-state index is 7.33. The lowest BCUT2D eigenvalue weighted by atomic mass is 10.2. The van der Waals surface area contributed by atoms with Crippen molar-refractivity contribution >= 4 is 11.3 Å². The molecule has 0 amide bonds. The van der Waals surface area contributed by atoms with E-state index < -0.39 is 0 Å². The highest BCUT2D eigenvalue weighted by molar-refractivity contribution is 7.13. The zero-order valence-corrected chi connectivity index (χ0v) is 7.97. The SMILES string of the molecule is [2H]c1csc(-c2cccc(OC)c2)n1. The quantitative estimate of drug-likeness (QED) is 0.730. The molecule has 1 heterocycles. The third-order valence-corrected chi connectivity index (χ3v) is 2.48. The van der Waals surface area contributed by atoms with Crippen LogP contribution in [0.5, 0.6) is 5.75 Å². The zero-order chi connectivity index (χ0) is 9.97. The van der Waals surface area contributed by atoms with Gasteiger partial charge in [0.05, 0.1) is 8.48 Å². The van der Waals surface area contributed by atoms with Crippen molar-refractivity contribution < 1.29 is 6.11 Å². The Morgan fingerprint density at radius 1 is 1.54 bits per heavy atom. The predicted molar refractivity (Wildman–Crippen MR) is 54.1 cm³/mol. The van der Waals surface area contributed by atoms with Crippen LogP contribution in [0.3, 0.4) is 0 Å². The number of aromatic nitrogens is 1. The zero-order valence-electron chi connectivity index (χ0n) is 8.15. The van der Waals surface area contributed by atoms with Crippen molar-refractivity contribution in [2.75, 3.05) is 7.11 Å². The molecule has 0 aliphatic heterocycles. The lowest BCUT2D eigenvalue weighted by Crippen LogP contribution is -1.82. The Hall–Kier alpha value is -1.35. The monoisotopic (exact) mass is 192 g/mol. The van der Waals surface area contributed by atoms with Gasteiger partial charge in [-0.25, -0.2) is 4.98 Å². The molecular weight excluding hydrogens is 182 g/mol. The van der Waals surface area contributed by atoms with Crippen LogP contribution in [0, 0.1) is 0 Å². The summed E-state index contributed by atoms with van der Waals surface area (Å²) in [7, 11) is 1.64. The van der Waals surface area contributed by atoms with E-state index in [1.807, 2.05) is 24.3 Å². The first-order valence-electron chi connectivity index (χ1n) is 4.36. The van der Waals surface area contributed by atoms with Gasteiger partial charge in [-0.15, -0.1) is 11.3 Å². The molecule has 2 nitrogen and oxygen atoms in total. The molecule has 0 radical (unpaired) electrons. The molecule has 0 atom stereocenters. The highest BCUT2D eigenvalue weighted by Crippen LogP contribution is 2.24. The average molecular weight is 192 g/mol. The number of thiazole rings is 1. The number of nitrogens with zero attached hydrogens (tertiary/aromatic N) is 1. The smallest absolute Gasteiger partial charge is 0.123 e. The molecule has 0 saturated heterocycles. The van der Waals surface area contributed by atoms with E-state index in [1.165, 1.54) is 11.3 Å². The standard InChI is InChI=1S/C10H9NOS/c1-12-9-4-2-3-8(7-9)10-11-5-6-13-10/h2-7H,1H3/i5D. The van der Waals surface area contributed by atoms with Crippen LogP contribution in [-0.2, 0) is 0 Å². The molecule has 0 aliphatic carbocycles. The fourth-order valence-corrected chi connectivity index (χ4v) is 1.67. The van der Waals surface area contributed by atoms with Gasteiger partial charge >= 0.3 is 0 Å². The third kappa shape index (κ3) is 1.70. The van der Waals surface area contributed by atoms with E-state index in [9.17, 15) is 0 Å². The van der Waals surface area contributed by atoms with Gasteiger partial charge in [0.15, 0.2) is 0 Å². The van der Waals surface area contributed by atoms with Gasteiger partial charge in [-0.3, -0.25) is 0 Å². The summed E-state index contributed by atoms with van der Waals surface area (Å²) in [5.74, 6) is 0.809. The van der Waals surface area contributed by atoms with Gasteiger partial charge in [0, 0.05) is 17.1 Å². The molecule has 0 bridgehead atoms. The van der Waals surface area contributed by atoms with Gasteiger partial charge in [0.25, 0.3) is 0 Å². The molecule has 66 valence electrons. The molecule has 2 aromatic rings. The number of hydrogen-bond acceptors (Lipinski definition) is 3. The van der Waals surface area contributed by atoms with E-state index in [-0.39, 0.29) is 0 Å². The van der Waals surface area contributed by atoms with Crippen LogP contribution < -0.4 is 4.74 Å². The predicted octanol–water partition coefficient (Wildman–Crippen LogP) is 2.82. The van der Waals surface area contributed by atoms with Crippen molar-refractivity contribution in [1.29, 1.82) is 0 Å². The summed E-state index contributed by atoms with van der Waals surface area (Å²) in [5, 5.41) is 2.57. The molecule has 1 aromatic carbocycles. The molecule has 0 saturated carbocycles. The molecule has 0 aliphatic rings. The first-order chi connectivity index (χ1) is 6.79. The summed E-state index contributed by atoms with van der Waals surface area (Å²) in [6.07, 6.45) is 0.313. The first kappa shape index (κ1) is 7.09. The minimum atomic E-state index is 0.313. The second kappa shape index (κ2) is 3.58. The Labute approximate surface area is 82.2 Å². The summed E-state index contributed by atoms with van der Waals surface area (Å²) < 4.78 is 12.4. The number of methoxy groups -OCH3 is 1. The molecule has 1 aromatic heterocycles. The van der Waals surface area contributed by atoms with E-state index in [0.29, 0.717) is 6.17 Å². The van der Waals surface area contributed by atoms with Crippen molar-refractivity contribution in [3.05, 3.63) is 35.8 Å². The Kier molecular flexibility index (Phi) is 1.95. The molecule has 0 unspecified atom stereocenters. The highest BCUT2D eigenvalue weighted by Gasteiger charge is 2.00. The fourth-order valence-electron chi connectivity index (χ4n) is 1.08. The van der Waals surface area contributed by atoms with Gasteiger partial charge < -0.3 is 4.74 Å². The number of ether oxygens (including phenoxy) is 1. The van der Waals surface area contributed by atoms with Crippen molar-refractivity contribution in [2.24, 2.45) is 0 Å².